The molecule has 0 bridgehead atoms. The summed E-state index contributed by atoms with van der Waals surface area (Å²) in [5.74, 6) is -0.852. The van der Waals surface area contributed by atoms with Crippen LogP contribution in [0.25, 0.3) is 11.0 Å². The lowest BCUT2D eigenvalue weighted by atomic mass is 10.1. The zero-order valence-electron chi connectivity index (χ0n) is 18.2. The zero-order valence-corrected chi connectivity index (χ0v) is 15.2. The fourth-order valence-electron chi connectivity index (χ4n) is 3.43. The predicted molar refractivity (Wildman–Crippen MR) is 107 cm³/mol. The number of amides is 1. The van der Waals surface area contributed by atoms with Crippen molar-refractivity contribution in [3.8, 4) is 0 Å². The second-order valence-electron chi connectivity index (χ2n) is 6.82. The van der Waals surface area contributed by atoms with Crippen LogP contribution in [0.15, 0.2) is 41.5 Å². The molecule has 28 heavy (non-hydrogen) atoms. The predicted octanol–water partition coefficient (Wildman–Crippen LogP) is 1.05. The van der Waals surface area contributed by atoms with Crippen molar-refractivity contribution in [1.82, 2.24) is 19.9 Å². The molecule has 1 aromatic carbocycles. The maximum atomic E-state index is 11.5. The molecule has 1 fully saturated rings. The highest BCUT2D eigenvalue weighted by atomic mass is 16.1. The fraction of sp³-hybridized carbons (Fsp3) is 0.300. The van der Waals surface area contributed by atoms with E-state index in [4.69, 9.17) is 9.85 Å². The van der Waals surface area contributed by atoms with Gasteiger partial charge in [-0.1, -0.05) is 6.07 Å². The normalized spacial score (nSPS) is 17.1. The smallest absolute Gasteiger partial charge is 0.267 e. The number of primary amides is 1. The van der Waals surface area contributed by atoms with Crippen LogP contribution in [0.2, 0.25) is 0 Å². The molecule has 0 radical (unpaired) electrons. The van der Waals surface area contributed by atoms with Gasteiger partial charge >= 0.3 is 0 Å². The number of benzene rings is 1. The van der Waals surface area contributed by atoms with Gasteiger partial charge in [-0.05, 0) is 36.2 Å². The van der Waals surface area contributed by atoms with Gasteiger partial charge in [-0.15, -0.1) is 0 Å². The largest absolute Gasteiger partial charge is 0.368 e. The van der Waals surface area contributed by atoms with Gasteiger partial charge in [0.05, 0.1) is 29.1 Å². The van der Waals surface area contributed by atoms with Crippen molar-refractivity contribution in [3.05, 3.63) is 63.8 Å². The van der Waals surface area contributed by atoms with Crippen LogP contribution < -0.4 is 16.2 Å². The topological polar surface area (TPSA) is 108 Å². The Morgan fingerprint density at radius 2 is 2.04 bits per heavy atom. The van der Waals surface area contributed by atoms with Crippen LogP contribution in [0.1, 0.15) is 25.7 Å². The summed E-state index contributed by atoms with van der Waals surface area (Å²) in [7, 11) is 0. The molecular formula is C20H22N6O2. The summed E-state index contributed by atoms with van der Waals surface area (Å²) in [6, 6.07) is 7.31. The van der Waals surface area contributed by atoms with Crippen LogP contribution in [0.3, 0.4) is 0 Å². The van der Waals surface area contributed by atoms with Crippen molar-refractivity contribution in [1.29, 1.82) is 0 Å². The van der Waals surface area contributed by atoms with E-state index in [0.29, 0.717) is 24.3 Å². The number of fused-ring (bicyclic) bond motifs is 1. The van der Waals surface area contributed by atoms with E-state index in [9.17, 15) is 9.59 Å². The van der Waals surface area contributed by atoms with Gasteiger partial charge in [0.15, 0.2) is 0 Å². The Morgan fingerprint density at radius 1 is 1.21 bits per heavy atom. The third kappa shape index (κ3) is 3.72. The first-order valence-electron chi connectivity index (χ1n) is 10.5. The molecule has 144 valence electrons. The van der Waals surface area contributed by atoms with E-state index in [1.807, 2.05) is 23.1 Å². The van der Waals surface area contributed by atoms with E-state index in [1.165, 1.54) is 18.5 Å². The second kappa shape index (κ2) is 7.40. The average Bonchev–Trinajstić information content (AvgIpc) is 2.73. The van der Waals surface area contributed by atoms with E-state index >= 15 is 0 Å². The van der Waals surface area contributed by atoms with Gasteiger partial charge in [0.25, 0.3) is 11.5 Å². The van der Waals surface area contributed by atoms with Crippen LogP contribution in [-0.2, 0) is 6.54 Å². The summed E-state index contributed by atoms with van der Waals surface area (Å²) in [4.78, 5) is 38.3. The molecule has 1 saturated heterocycles. The number of pyridine rings is 1. The van der Waals surface area contributed by atoms with Crippen molar-refractivity contribution < 1.29 is 8.91 Å². The molecule has 2 aromatic heterocycles. The lowest BCUT2D eigenvalue weighted by Gasteiger charge is -2.36. The maximum Gasteiger partial charge on any atom is 0.267 e. The lowest BCUT2D eigenvalue weighted by molar-refractivity contribution is 0.0995. The Kier molecular flexibility index (Phi) is 3.90. The molecule has 1 aliphatic rings. The maximum absolute atomic E-state index is 11.5. The number of rotatable bonds is 4. The number of H-pyrrole nitrogens is 1. The Morgan fingerprint density at radius 3 is 2.79 bits per heavy atom. The van der Waals surface area contributed by atoms with Crippen LogP contribution in [0.5, 0.6) is 0 Å². The van der Waals surface area contributed by atoms with Crippen molar-refractivity contribution >= 4 is 22.6 Å². The van der Waals surface area contributed by atoms with E-state index in [-0.39, 0.29) is 16.8 Å². The highest BCUT2D eigenvalue weighted by Crippen LogP contribution is 2.20. The number of nitrogens with zero attached hydrogens (tertiary/aromatic N) is 4. The molecule has 1 aliphatic heterocycles. The Hall–Kier alpha value is -3.26. The van der Waals surface area contributed by atoms with Crippen LogP contribution in [0.4, 0.5) is 5.69 Å². The Bertz CT molecular complexity index is 1190. The molecule has 0 saturated carbocycles. The first-order valence-corrected chi connectivity index (χ1v) is 8.96. The number of hydrogen-bond acceptors (Lipinski definition) is 6. The summed E-state index contributed by atoms with van der Waals surface area (Å²) in [6.07, 6.45) is 2.77. The molecule has 8 heteroatoms. The average molecular weight is 381 g/mol. The summed E-state index contributed by atoms with van der Waals surface area (Å²) < 4.78 is 23.0. The number of aryl methyl sites for hydroxylation is 1. The SMILES string of the molecule is [2H]C([2H])([2H])c1cc(N2CCN(Cc3ccc4ncc(=O)[nH]c4c3)CC2)cnc1C(N)=O. The fourth-order valence-corrected chi connectivity index (χ4v) is 3.43. The standard InChI is InChI=1S/C20H22N6O2/c1-13-8-15(10-23-19(13)20(21)28)26-6-4-25(5-7-26)12-14-2-3-16-17(9-14)24-18(27)11-22-16/h2-3,8-11H,4-7,12H2,1H3,(H2,21,28)(H,24,27)/i1D3. The zero-order chi connectivity index (χ0) is 22.2. The number of carbonyl (C=O) groups excluding carboxylic acids is 1. The second-order valence-corrected chi connectivity index (χ2v) is 6.82. The molecule has 1 amide bonds. The number of carbonyl (C=O) groups is 1. The van der Waals surface area contributed by atoms with Crippen LogP contribution >= 0.6 is 0 Å². The van der Waals surface area contributed by atoms with E-state index in [2.05, 4.69) is 19.9 Å². The minimum absolute atomic E-state index is 0.126. The molecule has 3 N–H and O–H groups in total. The first-order chi connectivity index (χ1) is 14.7. The summed E-state index contributed by atoms with van der Waals surface area (Å²) in [5, 5.41) is 0. The molecule has 0 atom stereocenters. The van der Waals surface area contributed by atoms with E-state index < -0.39 is 12.8 Å². The quantitative estimate of drug-likeness (QED) is 0.699. The number of piperazine rings is 1. The van der Waals surface area contributed by atoms with Gasteiger partial charge in [-0.3, -0.25) is 14.5 Å². The Balaban J connectivity index is 1.45. The molecular weight excluding hydrogens is 356 g/mol. The number of aromatic nitrogens is 3. The third-order valence-electron chi connectivity index (χ3n) is 4.89. The molecule has 3 heterocycles. The van der Waals surface area contributed by atoms with Crippen molar-refractivity contribution in [2.45, 2.75) is 13.4 Å². The molecule has 0 spiro atoms. The van der Waals surface area contributed by atoms with Crippen LogP contribution in [0, 0.1) is 6.85 Å². The highest BCUT2D eigenvalue weighted by molar-refractivity contribution is 5.92. The van der Waals surface area contributed by atoms with Gasteiger partial charge in [0.2, 0.25) is 0 Å². The van der Waals surface area contributed by atoms with Gasteiger partial charge in [-0.2, -0.15) is 0 Å². The monoisotopic (exact) mass is 381 g/mol. The van der Waals surface area contributed by atoms with E-state index in [0.717, 1.165) is 30.7 Å². The van der Waals surface area contributed by atoms with E-state index in [1.54, 1.807) is 0 Å². The molecule has 3 aromatic rings. The number of aromatic amines is 1. The highest BCUT2D eigenvalue weighted by Gasteiger charge is 2.19. The molecule has 4 rings (SSSR count). The summed E-state index contributed by atoms with van der Waals surface area (Å²) >= 11 is 0. The molecule has 0 unspecified atom stereocenters. The lowest BCUT2D eigenvalue weighted by Crippen LogP contribution is -2.46. The van der Waals surface area contributed by atoms with Crippen molar-refractivity contribution in [3.63, 3.8) is 0 Å². The van der Waals surface area contributed by atoms with Crippen molar-refractivity contribution in [2.24, 2.45) is 5.73 Å². The van der Waals surface area contributed by atoms with Crippen molar-refractivity contribution in [2.75, 3.05) is 31.1 Å². The number of nitrogens with one attached hydrogen (secondary N) is 1. The number of nitrogens with two attached hydrogens (primary N) is 1. The van der Waals surface area contributed by atoms with Gasteiger partial charge in [-0.25, -0.2) is 9.97 Å². The Labute approximate surface area is 166 Å². The van der Waals surface area contributed by atoms with Gasteiger partial charge in [0.1, 0.15) is 5.69 Å². The summed E-state index contributed by atoms with van der Waals surface area (Å²) in [5.41, 5.74) is 7.88. The number of anilines is 1. The molecule has 0 aliphatic carbocycles. The minimum atomic E-state index is -2.47. The summed E-state index contributed by atoms with van der Waals surface area (Å²) in [6.45, 7) is 1.15. The minimum Gasteiger partial charge on any atom is -0.368 e. The van der Waals surface area contributed by atoms with Gasteiger partial charge in [0, 0.05) is 36.8 Å². The molecule has 8 nitrogen and oxygen atoms in total. The van der Waals surface area contributed by atoms with Crippen LogP contribution in [-0.4, -0.2) is 51.9 Å². The van der Waals surface area contributed by atoms with Gasteiger partial charge < -0.3 is 15.6 Å². The first kappa shape index (κ1) is 14.8. The third-order valence-corrected chi connectivity index (χ3v) is 4.89. The number of hydrogen-bond donors (Lipinski definition) is 2.